The summed E-state index contributed by atoms with van der Waals surface area (Å²) in [7, 11) is -4.71. The lowest BCUT2D eigenvalue weighted by molar-refractivity contribution is -0.117. The smallest absolute Gasteiger partial charge is 0.261 e. The number of ether oxygens (including phenoxy) is 1. The van der Waals surface area contributed by atoms with Crippen molar-refractivity contribution in [3.8, 4) is 0 Å². The molecule has 2 aliphatic carbocycles. The van der Waals surface area contributed by atoms with Crippen molar-refractivity contribution in [2.75, 3.05) is 6.61 Å². The van der Waals surface area contributed by atoms with Gasteiger partial charge < -0.3 is 14.3 Å². The summed E-state index contributed by atoms with van der Waals surface area (Å²) in [5.41, 5.74) is 2.30. The van der Waals surface area contributed by atoms with Crippen molar-refractivity contribution >= 4 is 32.5 Å². The Morgan fingerprint density at radius 1 is 0.810 bits per heavy atom. The lowest BCUT2D eigenvalue weighted by atomic mass is 9.74. The van der Waals surface area contributed by atoms with E-state index in [2.05, 4.69) is 101 Å². The van der Waals surface area contributed by atoms with Crippen molar-refractivity contribution in [2.24, 2.45) is 11.8 Å². The van der Waals surface area contributed by atoms with Crippen molar-refractivity contribution in [1.82, 2.24) is 0 Å². The number of carbonyl (C=O) groups is 1. The van der Waals surface area contributed by atoms with Gasteiger partial charge in [-0.3, -0.25) is 4.79 Å². The molecular formula is C36H46O4Si2. The Hall–Kier alpha value is -2.62. The fraction of sp³-hybridized carbons (Fsp3) is 0.417. The minimum Gasteiger partial charge on any atom is -0.407 e. The van der Waals surface area contributed by atoms with Crippen LogP contribution < -0.4 is 10.4 Å². The molecular weight excluding hydrogens is 553 g/mol. The second-order valence-electron chi connectivity index (χ2n) is 14.1. The van der Waals surface area contributed by atoms with Crippen LogP contribution in [0.15, 0.2) is 102 Å². The second-order valence-corrected chi connectivity index (χ2v) is 23.4. The normalized spacial score (nSPS) is 23.3. The van der Waals surface area contributed by atoms with Crippen molar-refractivity contribution in [3.05, 3.63) is 107 Å². The summed E-state index contributed by atoms with van der Waals surface area (Å²) in [6.45, 7) is 14.4. The number of hydrogen-bond acceptors (Lipinski definition) is 4. The predicted molar refractivity (Wildman–Crippen MR) is 176 cm³/mol. The number of aliphatic hydroxyl groups is 1. The SMILES string of the molecule is CC(C)(C)[Si](OC[C@@H]1[C@@H](O)[C@H](OCc2ccccc2)CC2=C([Si](C)(C)C)C(=O)C[C@H]21)(c1ccccc1)c1ccccc1. The first kappa shape index (κ1) is 30.8. The fourth-order valence-corrected chi connectivity index (χ4v) is 14.1. The molecule has 3 aromatic rings. The number of fused-ring (bicyclic) bond motifs is 1. The fourth-order valence-electron chi connectivity index (χ4n) is 7.34. The van der Waals surface area contributed by atoms with Crippen LogP contribution in [0.5, 0.6) is 0 Å². The zero-order chi connectivity index (χ0) is 30.1. The molecule has 0 amide bonds. The summed E-state index contributed by atoms with van der Waals surface area (Å²) in [4.78, 5) is 13.6. The molecule has 1 fully saturated rings. The first-order chi connectivity index (χ1) is 19.9. The van der Waals surface area contributed by atoms with Gasteiger partial charge in [0.2, 0.25) is 0 Å². The van der Waals surface area contributed by atoms with E-state index < -0.39 is 22.5 Å². The van der Waals surface area contributed by atoms with Crippen molar-refractivity contribution in [2.45, 2.75) is 77.1 Å². The lowest BCUT2D eigenvalue weighted by Gasteiger charge is -2.46. The third-order valence-corrected chi connectivity index (χ3v) is 16.3. The molecule has 0 spiro atoms. The number of hydrogen-bond donors (Lipinski definition) is 1. The van der Waals surface area contributed by atoms with Crippen molar-refractivity contribution in [3.63, 3.8) is 0 Å². The summed E-state index contributed by atoms with van der Waals surface area (Å²) in [6.07, 6.45) is -0.0396. The summed E-state index contributed by atoms with van der Waals surface area (Å²) in [5.74, 6) is 0.0264. The Morgan fingerprint density at radius 2 is 1.33 bits per heavy atom. The molecule has 0 bridgehead atoms. The summed E-state index contributed by atoms with van der Waals surface area (Å²) in [6, 6.07) is 31.4. The average Bonchev–Trinajstić information content (AvgIpc) is 3.30. The molecule has 1 saturated carbocycles. The third kappa shape index (κ3) is 5.93. The van der Waals surface area contributed by atoms with Gasteiger partial charge in [0.1, 0.15) is 0 Å². The minimum absolute atomic E-state index is 0.0102. The molecule has 0 aliphatic heterocycles. The Balaban J connectivity index is 1.54. The highest BCUT2D eigenvalue weighted by molar-refractivity contribution is 6.99. The molecule has 2 aliphatic rings. The number of benzene rings is 3. The summed E-state index contributed by atoms with van der Waals surface area (Å²) >= 11 is 0. The van der Waals surface area contributed by atoms with Gasteiger partial charge in [-0.05, 0) is 38.5 Å². The Kier molecular flexibility index (Phi) is 8.94. The van der Waals surface area contributed by atoms with E-state index in [9.17, 15) is 9.90 Å². The van der Waals surface area contributed by atoms with E-state index in [1.54, 1.807) is 0 Å². The molecule has 0 saturated heterocycles. The molecule has 0 aromatic heterocycles. The highest BCUT2D eigenvalue weighted by Crippen LogP contribution is 2.48. The first-order valence-corrected chi connectivity index (χ1v) is 20.7. The van der Waals surface area contributed by atoms with Gasteiger partial charge in [-0.2, -0.15) is 0 Å². The van der Waals surface area contributed by atoms with Crippen molar-refractivity contribution < 1.29 is 19.1 Å². The predicted octanol–water partition coefficient (Wildman–Crippen LogP) is 6.29. The maximum absolute atomic E-state index is 13.6. The van der Waals surface area contributed by atoms with E-state index in [1.165, 1.54) is 15.9 Å². The maximum atomic E-state index is 13.6. The van der Waals surface area contributed by atoms with E-state index >= 15 is 0 Å². The van der Waals surface area contributed by atoms with Gasteiger partial charge in [-0.25, -0.2) is 0 Å². The molecule has 0 radical (unpaired) electrons. The van der Waals surface area contributed by atoms with Gasteiger partial charge in [0.05, 0.1) is 26.9 Å². The molecule has 0 unspecified atom stereocenters. The molecule has 4 atom stereocenters. The van der Waals surface area contributed by atoms with Crippen LogP contribution in [-0.4, -0.2) is 46.1 Å². The molecule has 222 valence electrons. The van der Waals surface area contributed by atoms with Gasteiger partial charge >= 0.3 is 0 Å². The van der Waals surface area contributed by atoms with Crippen LogP contribution in [0.1, 0.15) is 39.2 Å². The second kappa shape index (κ2) is 12.2. The highest BCUT2D eigenvalue weighted by Gasteiger charge is 2.54. The van der Waals surface area contributed by atoms with E-state index in [0.717, 1.165) is 10.8 Å². The van der Waals surface area contributed by atoms with Gasteiger partial charge in [-0.1, -0.05) is 137 Å². The number of aliphatic hydroxyl groups excluding tert-OH is 1. The Labute approximate surface area is 253 Å². The van der Waals surface area contributed by atoms with Crippen LogP contribution >= 0.6 is 0 Å². The zero-order valence-corrected chi connectivity index (χ0v) is 28.0. The molecule has 4 nitrogen and oxygen atoms in total. The molecule has 42 heavy (non-hydrogen) atoms. The minimum atomic E-state index is -2.81. The number of Topliss-reactive ketones (excluding diaryl/α,β-unsaturated/α-hetero) is 1. The number of allylic oxidation sites excluding steroid dienone is 1. The van der Waals surface area contributed by atoms with Crippen LogP contribution in [0.3, 0.4) is 0 Å². The maximum Gasteiger partial charge on any atom is 0.261 e. The summed E-state index contributed by atoms with van der Waals surface area (Å²) < 4.78 is 13.8. The number of rotatable bonds is 9. The van der Waals surface area contributed by atoms with Gasteiger partial charge in [0.15, 0.2) is 5.78 Å². The van der Waals surface area contributed by atoms with E-state index in [0.29, 0.717) is 26.1 Å². The monoisotopic (exact) mass is 598 g/mol. The van der Waals surface area contributed by atoms with Crippen LogP contribution in [0.25, 0.3) is 0 Å². The van der Waals surface area contributed by atoms with Gasteiger partial charge in [-0.15, -0.1) is 0 Å². The lowest BCUT2D eigenvalue weighted by Crippen LogP contribution is -2.67. The Morgan fingerprint density at radius 3 is 1.83 bits per heavy atom. The zero-order valence-electron chi connectivity index (χ0n) is 26.0. The van der Waals surface area contributed by atoms with Crippen LogP contribution in [0.4, 0.5) is 0 Å². The van der Waals surface area contributed by atoms with Crippen LogP contribution in [0.2, 0.25) is 24.7 Å². The third-order valence-electron chi connectivity index (χ3n) is 9.18. The quantitative estimate of drug-likeness (QED) is 0.294. The van der Waals surface area contributed by atoms with Gasteiger partial charge in [0, 0.05) is 18.9 Å². The van der Waals surface area contributed by atoms with E-state index in [1.807, 2.05) is 30.3 Å². The molecule has 6 heteroatoms. The molecule has 3 aromatic carbocycles. The average molecular weight is 599 g/mol. The largest absolute Gasteiger partial charge is 0.407 e. The highest BCUT2D eigenvalue weighted by atomic mass is 28.4. The molecule has 0 heterocycles. The standard InChI is InChI=1S/C36H46O4Si2/c1-36(2,3)42(27-18-12-8-13-19-27,28-20-14-9-15-21-28)40-25-31-29-22-32(37)35(41(4,5)6)30(29)23-33(34(31)38)39-24-26-16-10-7-11-17-26/h7-21,29,31,33-34,38H,22-25H2,1-6H3/t29-,31+,33-,34-/m1/s1. The summed E-state index contributed by atoms with van der Waals surface area (Å²) in [5, 5.41) is 15.3. The topological polar surface area (TPSA) is 55.8 Å². The van der Waals surface area contributed by atoms with Crippen LogP contribution in [0, 0.1) is 11.8 Å². The van der Waals surface area contributed by atoms with E-state index in [4.69, 9.17) is 9.16 Å². The first-order valence-electron chi connectivity index (χ1n) is 15.3. The van der Waals surface area contributed by atoms with Crippen LogP contribution in [-0.2, 0) is 20.6 Å². The number of carbonyl (C=O) groups excluding carboxylic acids is 1. The van der Waals surface area contributed by atoms with E-state index in [-0.39, 0.29) is 28.8 Å². The van der Waals surface area contributed by atoms with Crippen molar-refractivity contribution in [1.29, 1.82) is 0 Å². The van der Waals surface area contributed by atoms with Gasteiger partial charge in [0.25, 0.3) is 8.32 Å². The molecule has 1 N–H and O–H groups in total. The Bertz CT molecular complexity index is 1350. The number of ketones is 1. The molecule has 5 rings (SSSR count).